The maximum Gasteiger partial charge on any atom is 0.235 e. The van der Waals surface area contributed by atoms with Gasteiger partial charge in [-0.25, -0.2) is 4.79 Å². The lowest BCUT2D eigenvalue weighted by molar-refractivity contribution is 0.247. The highest BCUT2D eigenvalue weighted by molar-refractivity contribution is 5.47. The molecule has 1 aromatic carbocycles. The molecule has 1 saturated carbocycles. The van der Waals surface area contributed by atoms with Crippen molar-refractivity contribution in [3.05, 3.63) is 23.8 Å². The molecular formula is C11H11NO3. The van der Waals surface area contributed by atoms with E-state index in [1.807, 2.05) is 0 Å². The molecule has 0 amide bonds. The lowest BCUT2D eigenvalue weighted by Crippen LogP contribution is -2.31. The molecule has 1 aliphatic rings. The monoisotopic (exact) mass is 205 g/mol. The van der Waals surface area contributed by atoms with Gasteiger partial charge in [0.15, 0.2) is 0 Å². The molecule has 0 radical (unpaired) electrons. The first-order valence-corrected chi connectivity index (χ1v) is 4.79. The quantitative estimate of drug-likeness (QED) is 0.571. The number of aliphatic imine (C=N–C) groups is 1. The van der Waals surface area contributed by atoms with Crippen molar-refractivity contribution in [1.82, 2.24) is 0 Å². The first-order chi connectivity index (χ1) is 7.18. The molecule has 0 aliphatic heterocycles. The number of nitrogens with zero attached hydrogens (tertiary/aromatic N) is 1. The molecule has 0 heterocycles. The maximum absolute atomic E-state index is 10.3. The number of phenolic OH excluding ortho intramolecular Hbond substituents is 2. The molecule has 4 heteroatoms. The van der Waals surface area contributed by atoms with Gasteiger partial charge in [0.2, 0.25) is 6.08 Å². The van der Waals surface area contributed by atoms with Crippen LogP contribution < -0.4 is 0 Å². The zero-order chi connectivity index (χ0) is 10.9. The van der Waals surface area contributed by atoms with Crippen molar-refractivity contribution in [3.63, 3.8) is 0 Å². The summed E-state index contributed by atoms with van der Waals surface area (Å²) in [7, 11) is 0. The Morgan fingerprint density at radius 2 is 2.07 bits per heavy atom. The van der Waals surface area contributed by atoms with E-state index in [-0.39, 0.29) is 11.5 Å². The van der Waals surface area contributed by atoms with Crippen LogP contribution in [0.2, 0.25) is 0 Å². The molecule has 78 valence electrons. The van der Waals surface area contributed by atoms with E-state index < -0.39 is 5.54 Å². The predicted octanol–water partition coefficient (Wildman–Crippen LogP) is 1.81. The number of rotatable bonds is 2. The van der Waals surface area contributed by atoms with Gasteiger partial charge < -0.3 is 10.2 Å². The summed E-state index contributed by atoms with van der Waals surface area (Å²) in [6.45, 7) is 0. The van der Waals surface area contributed by atoms with Crippen LogP contribution in [0.3, 0.4) is 0 Å². The standard InChI is InChI=1S/C11H11NO3/c13-7-12-11(4-1-5-11)9-3-2-8(14)6-10(9)15/h2-3,6,14-15H,1,4-5H2. The number of aromatic hydroxyl groups is 2. The van der Waals surface area contributed by atoms with Gasteiger partial charge in [-0.2, -0.15) is 4.99 Å². The van der Waals surface area contributed by atoms with Gasteiger partial charge in [-0.1, -0.05) is 0 Å². The second-order valence-electron chi connectivity index (χ2n) is 3.79. The van der Waals surface area contributed by atoms with E-state index in [9.17, 15) is 9.90 Å². The van der Waals surface area contributed by atoms with Crippen LogP contribution >= 0.6 is 0 Å². The Morgan fingerprint density at radius 3 is 2.53 bits per heavy atom. The van der Waals surface area contributed by atoms with Crippen LogP contribution in [0.5, 0.6) is 11.5 Å². The normalized spacial score (nSPS) is 17.6. The summed E-state index contributed by atoms with van der Waals surface area (Å²) >= 11 is 0. The van der Waals surface area contributed by atoms with Gasteiger partial charge in [0.1, 0.15) is 17.0 Å². The zero-order valence-electron chi connectivity index (χ0n) is 8.10. The van der Waals surface area contributed by atoms with E-state index in [4.69, 9.17) is 5.11 Å². The molecule has 0 aromatic heterocycles. The molecule has 0 saturated heterocycles. The van der Waals surface area contributed by atoms with Crippen molar-refractivity contribution in [3.8, 4) is 11.5 Å². The summed E-state index contributed by atoms with van der Waals surface area (Å²) < 4.78 is 0. The third-order valence-electron chi connectivity index (χ3n) is 2.92. The topological polar surface area (TPSA) is 69.9 Å². The smallest absolute Gasteiger partial charge is 0.235 e. The minimum Gasteiger partial charge on any atom is -0.508 e. The van der Waals surface area contributed by atoms with E-state index >= 15 is 0 Å². The van der Waals surface area contributed by atoms with E-state index in [0.717, 1.165) is 19.3 Å². The minimum absolute atomic E-state index is 0.000746. The Morgan fingerprint density at radius 1 is 1.33 bits per heavy atom. The fourth-order valence-electron chi connectivity index (χ4n) is 1.95. The number of benzene rings is 1. The molecular weight excluding hydrogens is 194 g/mol. The summed E-state index contributed by atoms with van der Waals surface area (Å²) in [4.78, 5) is 14.1. The SMILES string of the molecule is O=C=NC1(c2ccc(O)cc2O)CCC1. The average Bonchev–Trinajstić information content (AvgIpc) is 2.12. The van der Waals surface area contributed by atoms with E-state index in [2.05, 4.69) is 4.99 Å². The Hall–Kier alpha value is -1.80. The largest absolute Gasteiger partial charge is 0.508 e. The molecule has 0 bridgehead atoms. The third-order valence-corrected chi connectivity index (χ3v) is 2.92. The molecule has 15 heavy (non-hydrogen) atoms. The van der Waals surface area contributed by atoms with Crippen LogP contribution in [0, 0.1) is 0 Å². The first kappa shape index (κ1) is 9.74. The minimum atomic E-state index is -0.612. The highest BCUT2D eigenvalue weighted by Gasteiger charge is 2.40. The van der Waals surface area contributed by atoms with Crippen molar-refractivity contribution in [2.45, 2.75) is 24.8 Å². The van der Waals surface area contributed by atoms with Crippen LogP contribution in [-0.2, 0) is 10.3 Å². The van der Waals surface area contributed by atoms with Gasteiger partial charge in [0.25, 0.3) is 0 Å². The lowest BCUT2D eigenvalue weighted by Gasteiger charge is -2.37. The Bertz CT molecular complexity index is 431. The van der Waals surface area contributed by atoms with Crippen molar-refractivity contribution in [2.24, 2.45) is 4.99 Å². The van der Waals surface area contributed by atoms with Crippen molar-refractivity contribution in [1.29, 1.82) is 0 Å². The highest BCUT2D eigenvalue weighted by Crippen LogP contribution is 2.48. The number of phenols is 2. The number of carbonyl (C=O) groups excluding carboxylic acids is 1. The molecule has 4 nitrogen and oxygen atoms in total. The van der Waals surface area contributed by atoms with Crippen LogP contribution in [-0.4, -0.2) is 16.3 Å². The molecule has 1 fully saturated rings. The van der Waals surface area contributed by atoms with Gasteiger partial charge in [-0.05, 0) is 31.4 Å². The summed E-state index contributed by atoms with van der Waals surface area (Å²) in [5.41, 5.74) is -0.0191. The Labute approximate surface area is 86.9 Å². The van der Waals surface area contributed by atoms with Gasteiger partial charge in [-0.15, -0.1) is 0 Å². The van der Waals surface area contributed by atoms with Crippen LogP contribution in [0.25, 0.3) is 0 Å². The van der Waals surface area contributed by atoms with Gasteiger partial charge in [0, 0.05) is 11.6 Å². The van der Waals surface area contributed by atoms with Crippen LogP contribution in [0.1, 0.15) is 24.8 Å². The predicted molar refractivity (Wildman–Crippen MR) is 53.4 cm³/mol. The van der Waals surface area contributed by atoms with Gasteiger partial charge >= 0.3 is 0 Å². The second kappa shape index (κ2) is 3.41. The number of isocyanates is 1. The molecule has 0 spiro atoms. The van der Waals surface area contributed by atoms with Crippen LogP contribution in [0.4, 0.5) is 0 Å². The fourth-order valence-corrected chi connectivity index (χ4v) is 1.95. The van der Waals surface area contributed by atoms with Crippen molar-refractivity contribution < 1.29 is 15.0 Å². The van der Waals surface area contributed by atoms with E-state index in [1.54, 1.807) is 12.1 Å². The zero-order valence-corrected chi connectivity index (χ0v) is 8.10. The number of hydrogen-bond donors (Lipinski definition) is 2. The summed E-state index contributed by atoms with van der Waals surface area (Å²) in [6, 6.07) is 4.34. The fraction of sp³-hybridized carbons (Fsp3) is 0.364. The van der Waals surface area contributed by atoms with Crippen molar-refractivity contribution in [2.75, 3.05) is 0 Å². The summed E-state index contributed by atoms with van der Waals surface area (Å²) in [5, 5.41) is 18.8. The molecule has 1 aromatic rings. The van der Waals surface area contributed by atoms with Crippen molar-refractivity contribution >= 4 is 6.08 Å². The highest BCUT2D eigenvalue weighted by atomic mass is 16.3. The lowest BCUT2D eigenvalue weighted by atomic mass is 9.72. The summed E-state index contributed by atoms with van der Waals surface area (Å²) in [6.07, 6.45) is 4.00. The Balaban J connectivity index is 2.47. The van der Waals surface area contributed by atoms with Gasteiger partial charge in [-0.3, -0.25) is 0 Å². The average molecular weight is 205 g/mol. The molecule has 0 unspecified atom stereocenters. The van der Waals surface area contributed by atoms with Crippen LogP contribution in [0.15, 0.2) is 23.2 Å². The first-order valence-electron chi connectivity index (χ1n) is 4.79. The molecule has 2 N–H and O–H groups in total. The number of hydrogen-bond acceptors (Lipinski definition) is 4. The molecule has 2 rings (SSSR count). The maximum atomic E-state index is 10.3. The van der Waals surface area contributed by atoms with E-state index in [1.165, 1.54) is 12.1 Å². The molecule has 1 aliphatic carbocycles. The third kappa shape index (κ3) is 1.49. The second-order valence-corrected chi connectivity index (χ2v) is 3.79. The summed E-state index contributed by atoms with van der Waals surface area (Å²) in [5.74, 6) is -0.0190. The van der Waals surface area contributed by atoms with E-state index in [0.29, 0.717) is 5.56 Å². The Kier molecular flexibility index (Phi) is 2.21. The van der Waals surface area contributed by atoms with Gasteiger partial charge in [0.05, 0.1) is 0 Å². The molecule has 0 atom stereocenters.